The Kier molecular flexibility index (Phi) is 5.77. The van der Waals surface area contributed by atoms with Crippen LogP contribution in [0.3, 0.4) is 0 Å². The standard InChI is InChI=1S/C20H18FN3O2/c21-17-6-1-4-15(10-17)14-26-19-8-2-7-18(11-19)24-20(25)23-13-16-5-3-9-22-12-16/h1-12H,13-14H2,(H2,23,24,25). The van der Waals surface area contributed by atoms with Crippen LogP contribution in [0.25, 0.3) is 0 Å². The summed E-state index contributed by atoms with van der Waals surface area (Å²) >= 11 is 0. The minimum atomic E-state index is -0.323. The average molecular weight is 351 g/mol. The summed E-state index contributed by atoms with van der Waals surface area (Å²) in [5.41, 5.74) is 2.25. The SMILES string of the molecule is O=C(NCc1cccnc1)Nc1cccc(OCc2cccc(F)c2)c1. The molecule has 3 aromatic rings. The average Bonchev–Trinajstić information content (AvgIpc) is 2.66. The molecule has 1 heterocycles. The molecular formula is C20H18FN3O2. The molecule has 0 aliphatic heterocycles. The molecule has 0 radical (unpaired) electrons. The van der Waals surface area contributed by atoms with Gasteiger partial charge in [-0.3, -0.25) is 4.98 Å². The lowest BCUT2D eigenvalue weighted by atomic mass is 10.2. The summed E-state index contributed by atoms with van der Waals surface area (Å²) < 4.78 is 18.8. The zero-order chi connectivity index (χ0) is 18.2. The van der Waals surface area contributed by atoms with Gasteiger partial charge in [0.1, 0.15) is 18.2 Å². The second kappa shape index (κ2) is 8.62. The van der Waals surface area contributed by atoms with Crippen LogP contribution in [0, 0.1) is 5.82 Å². The van der Waals surface area contributed by atoms with Gasteiger partial charge in [-0.1, -0.05) is 24.3 Å². The van der Waals surface area contributed by atoms with Crippen LogP contribution in [0.15, 0.2) is 73.1 Å². The highest BCUT2D eigenvalue weighted by Gasteiger charge is 2.04. The van der Waals surface area contributed by atoms with Crippen LogP contribution < -0.4 is 15.4 Å². The molecule has 6 heteroatoms. The quantitative estimate of drug-likeness (QED) is 0.702. The van der Waals surface area contributed by atoms with Crippen molar-refractivity contribution in [3.8, 4) is 5.75 Å². The Morgan fingerprint density at radius 1 is 1.04 bits per heavy atom. The van der Waals surface area contributed by atoms with Crippen LogP contribution in [0.2, 0.25) is 0 Å². The molecule has 0 bridgehead atoms. The third kappa shape index (κ3) is 5.31. The molecule has 0 unspecified atom stereocenters. The molecule has 0 spiro atoms. The number of pyridine rings is 1. The van der Waals surface area contributed by atoms with E-state index < -0.39 is 0 Å². The van der Waals surface area contributed by atoms with E-state index in [1.807, 2.05) is 12.1 Å². The maximum atomic E-state index is 13.2. The molecule has 26 heavy (non-hydrogen) atoms. The van der Waals surface area contributed by atoms with E-state index in [0.717, 1.165) is 11.1 Å². The second-order valence-electron chi connectivity index (χ2n) is 5.62. The van der Waals surface area contributed by atoms with Crippen molar-refractivity contribution >= 4 is 11.7 Å². The number of aromatic nitrogens is 1. The van der Waals surface area contributed by atoms with Crippen LogP contribution in [-0.2, 0) is 13.2 Å². The Bertz CT molecular complexity index is 872. The van der Waals surface area contributed by atoms with Gasteiger partial charge in [-0.25, -0.2) is 9.18 Å². The Labute approximate surface area is 150 Å². The molecule has 0 atom stereocenters. The van der Waals surface area contributed by atoms with Crippen LogP contribution >= 0.6 is 0 Å². The maximum absolute atomic E-state index is 13.2. The first-order chi connectivity index (χ1) is 12.7. The smallest absolute Gasteiger partial charge is 0.319 e. The van der Waals surface area contributed by atoms with Gasteiger partial charge in [0, 0.05) is 30.7 Å². The summed E-state index contributed by atoms with van der Waals surface area (Å²) in [5, 5.41) is 5.51. The van der Waals surface area contributed by atoms with Crippen molar-refractivity contribution in [1.29, 1.82) is 0 Å². The summed E-state index contributed by atoms with van der Waals surface area (Å²) in [6, 6.07) is 16.6. The highest BCUT2D eigenvalue weighted by Crippen LogP contribution is 2.19. The number of hydrogen-bond acceptors (Lipinski definition) is 3. The number of halogens is 1. The molecule has 2 amide bonds. The fourth-order valence-electron chi connectivity index (χ4n) is 2.32. The number of urea groups is 1. The van der Waals surface area contributed by atoms with E-state index in [0.29, 0.717) is 18.0 Å². The normalized spacial score (nSPS) is 10.2. The van der Waals surface area contributed by atoms with Crippen molar-refractivity contribution in [3.05, 3.63) is 90.0 Å². The van der Waals surface area contributed by atoms with Crippen molar-refractivity contribution in [1.82, 2.24) is 10.3 Å². The van der Waals surface area contributed by atoms with Crippen LogP contribution in [0.1, 0.15) is 11.1 Å². The van der Waals surface area contributed by atoms with Crippen molar-refractivity contribution < 1.29 is 13.9 Å². The summed E-state index contributed by atoms with van der Waals surface area (Å²) in [6.07, 6.45) is 3.38. The minimum Gasteiger partial charge on any atom is -0.489 e. The second-order valence-corrected chi connectivity index (χ2v) is 5.62. The van der Waals surface area contributed by atoms with Gasteiger partial charge >= 0.3 is 6.03 Å². The van der Waals surface area contributed by atoms with Crippen molar-refractivity contribution in [2.45, 2.75) is 13.2 Å². The summed E-state index contributed by atoms with van der Waals surface area (Å²) in [7, 11) is 0. The number of benzene rings is 2. The van der Waals surface area contributed by atoms with E-state index in [-0.39, 0.29) is 18.5 Å². The van der Waals surface area contributed by atoms with Crippen LogP contribution in [0.4, 0.5) is 14.9 Å². The first-order valence-electron chi connectivity index (χ1n) is 8.10. The fourth-order valence-corrected chi connectivity index (χ4v) is 2.32. The third-order valence-corrected chi connectivity index (χ3v) is 3.56. The monoisotopic (exact) mass is 351 g/mol. The van der Waals surface area contributed by atoms with Gasteiger partial charge in [0.25, 0.3) is 0 Å². The van der Waals surface area contributed by atoms with E-state index in [1.165, 1.54) is 12.1 Å². The van der Waals surface area contributed by atoms with Crippen LogP contribution in [-0.4, -0.2) is 11.0 Å². The predicted octanol–water partition coefficient (Wildman–Crippen LogP) is 4.12. The number of nitrogens with one attached hydrogen (secondary N) is 2. The van der Waals surface area contributed by atoms with Gasteiger partial charge in [-0.15, -0.1) is 0 Å². The van der Waals surface area contributed by atoms with E-state index in [1.54, 1.807) is 48.8 Å². The molecule has 1 aromatic heterocycles. The maximum Gasteiger partial charge on any atom is 0.319 e. The van der Waals surface area contributed by atoms with Gasteiger partial charge < -0.3 is 15.4 Å². The molecule has 0 aliphatic rings. The molecule has 2 N–H and O–H groups in total. The summed E-state index contributed by atoms with van der Waals surface area (Å²) in [6.45, 7) is 0.629. The lowest BCUT2D eigenvalue weighted by molar-refractivity contribution is 0.251. The van der Waals surface area contributed by atoms with Gasteiger partial charge in [0.2, 0.25) is 0 Å². The fraction of sp³-hybridized carbons (Fsp3) is 0.100. The van der Waals surface area contributed by atoms with Gasteiger partial charge in [-0.2, -0.15) is 0 Å². The number of ether oxygens (including phenoxy) is 1. The number of amides is 2. The molecular weight excluding hydrogens is 333 g/mol. The number of rotatable bonds is 6. The van der Waals surface area contributed by atoms with Crippen molar-refractivity contribution in [2.24, 2.45) is 0 Å². The Balaban J connectivity index is 1.52. The molecule has 0 saturated carbocycles. The van der Waals surface area contributed by atoms with E-state index >= 15 is 0 Å². The van der Waals surface area contributed by atoms with E-state index in [4.69, 9.17) is 4.74 Å². The predicted molar refractivity (Wildman–Crippen MR) is 97.3 cm³/mol. The van der Waals surface area contributed by atoms with Gasteiger partial charge in [-0.05, 0) is 41.5 Å². The number of nitrogens with zero attached hydrogens (tertiary/aromatic N) is 1. The molecule has 0 saturated heterocycles. The highest BCUT2D eigenvalue weighted by molar-refractivity contribution is 5.89. The summed E-state index contributed by atoms with van der Waals surface area (Å²) in [5.74, 6) is 0.283. The van der Waals surface area contributed by atoms with Crippen molar-refractivity contribution in [3.63, 3.8) is 0 Å². The largest absolute Gasteiger partial charge is 0.489 e. The zero-order valence-electron chi connectivity index (χ0n) is 14.0. The molecule has 2 aromatic carbocycles. The molecule has 132 valence electrons. The number of hydrogen-bond donors (Lipinski definition) is 2. The first-order valence-corrected chi connectivity index (χ1v) is 8.10. The number of anilines is 1. The van der Waals surface area contributed by atoms with Crippen molar-refractivity contribution in [2.75, 3.05) is 5.32 Å². The molecule has 5 nitrogen and oxygen atoms in total. The Morgan fingerprint density at radius 3 is 2.69 bits per heavy atom. The molecule has 3 rings (SSSR count). The van der Waals surface area contributed by atoms with Gasteiger partial charge in [0.05, 0.1) is 0 Å². The topological polar surface area (TPSA) is 63.2 Å². The highest BCUT2D eigenvalue weighted by atomic mass is 19.1. The summed E-state index contributed by atoms with van der Waals surface area (Å²) in [4.78, 5) is 16.0. The van der Waals surface area contributed by atoms with E-state index in [2.05, 4.69) is 15.6 Å². The number of carbonyl (C=O) groups is 1. The molecule has 0 aliphatic carbocycles. The Morgan fingerprint density at radius 2 is 1.88 bits per heavy atom. The van der Waals surface area contributed by atoms with E-state index in [9.17, 15) is 9.18 Å². The first kappa shape index (κ1) is 17.4. The zero-order valence-corrected chi connectivity index (χ0v) is 14.0. The minimum absolute atomic E-state index is 0.244. The number of carbonyl (C=O) groups excluding carboxylic acids is 1. The molecule has 0 fully saturated rings. The Hall–Kier alpha value is -3.41. The lowest BCUT2D eigenvalue weighted by Crippen LogP contribution is -2.28. The lowest BCUT2D eigenvalue weighted by Gasteiger charge is -2.10. The van der Waals surface area contributed by atoms with Gasteiger partial charge in [0.15, 0.2) is 0 Å². The third-order valence-electron chi connectivity index (χ3n) is 3.56. The van der Waals surface area contributed by atoms with Crippen LogP contribution in [0.5, 0.6) is 5.75 Å².